The van der Waals surface area contributed by atoms with Gasteiger partial charge in [-0.1, -0.05) is 29.8 Å². The maximum Gasteiger partial charge on any atom is 0.416 e. The summed E-state index contributed by atoms with van der Waals surface area (Å²) in [5.41, 5.74) is 8.62. The third-order valence-electron chi connectivity index (χ3n) is 5.25. The summed E-state index contributed by atoms with van der Waals surface area (Å²) in [7, 11) is 0. The second kappa shape index (κ2) is 10.2. The van der Waals surface area contributed by atoms with Crippen LogP contribution < -0.4 is 15.8 Å². The molecule has 4 rings (SSSR count). The number of nitrogens with two attached hydrogens (primary N) is 1. The van der Waals surface area contributed by atoms with Crippen LogP contribution >= 0.6 is 11.3 Å². The Morgan fingerprint density at radius 3 is 2.40 bits per heavy atom. The van der Waals surface area contributed by atoms with Crippen LogP contribution in [0.3, 0.4) is 0 Å². The highest BCUT2D eigenvalue weighted by Gasteiger charge is 2.30. The molecule has 0 saturated heterocycles. The average Bonchev–Trinajstić information content (AvgIpc) is 3.24. The molecule has 0 aliphatic rings. The quantitative estimate of drug-likeness (QED) is 0.302. The molecule has 9 heteroatoms. The van der Waals surface area contributed by atoms with E-state index < -0.39 is 11.7 Å². The summed E-state index contributed by atoms with van der Waals surface area (Å²) in [6.07, 6.45) is -3.79. The van der Waals surface area contributed by atoms with Crippen molar-refractivity contribution in [3.8, 4) is 16.9 Å². The lowest BCUT2D eigenvalue weighted by atomic mass is 9.96. The molecule has 0 atom stereocenters. The molecule has 1 heterocycles. The Labute approximate surface area is 204 Å². The summed E-state index contributed by atoms with van der Waals surface area (Å²) in [4.78, 5) is 17.3. The number of hydrogen-bond acceptors (Lipinski definition) is 5. The number of aromatic nitrogens is 1. The number of amides is 1. The van der Waals surface area contributed by atoms with Gasteiger partial charge in [0.05, 0.1) is 17.9 Å². The monoisotopic (exact) mass is 497 g/mol. The molecule has 5 nitrogen and oxygen atoms in total. The number of ether oxygens (including phenoxy) is 1. The van der Waals surface area contributed by atoms with Crippen molar-refractivity contribution in [1.82, 2.24) is 4.98 Å². The van der Waals surface area contributed by atoms with Crippen LogP contribution in [-0.4, -0.2) is 17.5 Å². The van der Waals surface area contributed by atoms with Crippen LogP contribution in [0.1, 0.15) is 27.2 Å². The van der Waals surface area contributed by atoms with Gasteiger partial charge in [0.1, 0.15) is 5.75 Å². The van der Waals surface area contributed by atoms with Crippen LogP contribution in [0.25, 0.3) is 11.1 Å². The number of carbonyl (C=O) groups is 1. The molecule has 3 N–H and O–H groups in total. The van der Waals surface area contributed by atoms with Crippen molar-refractivity contribution in [2.75, 3.05) is 17.7 Å². The first-order chi connectivity index (χ1) is 16.7. The van der Waals surface area contributed by atoms with E-state index in [9.17, 15) is 18.0 Å². The topological polar surface area (TPSA) is 77.2 Å². The lowest BCUT2D eigenvalue weighted by Crippen LogP contribution is -2.13. The Hall–Kier alpha value is -3.85. The summed E-state index contributed by atoms with van der Waals surface area (Å²) in [5, 5.41) is 5.26. The fourth-order valence-electron chi connectivity index (χ4n) is 3.48. The lowest BCUT2D eigenvalue weighted by Gasteiger charge is -2.13. The lowest BCUT2D eigenvalue weighted by molar-refractivity contribution is -0.137. The number of anilines is 2. The summed E-state index contributed by atoms with van der Waals surface area (Å²) in [6, 6.07) is 17.0. The SMILES string of the molecule is Cc1ccc(-c2ccc(C(F)(F)F)cc2)c(C(=O)Nc2ccc(OCCc3csc(N)n3)cc2)c1. The molecule has 1 amide bonds. The molecule has 0 fully saturated rings. The summed E-state index contributed by atoms with van der Waals surface area (Å²) >= 11 is 1.38. The second-order valence-electron chi connectivity index (χ2n) is 7.88. The minimum Gasteiger partial charge on any atom is -0.493 e. The highest BCUT2D eigenvalue weighted by atomic mass is 32.1. The number of rotatable bonds is 7. The van der Waals surface area contributed by atoms with Crippen LogP contribution in [0.5, 0.6) is 5.75 Å². The van der Waals surface area contributed by atoms with Crippen molar-refractivity contribution >= 4 is 28.1 Å². The van der Waals surface area contributed by atoms with Crippen molar-refractivity contribution in [3.63, 3.8) is 0 Å². The Kier molecular flexibility index (Phi) is 7.07. The number of nitrogen functional groups attached to an aromatic ring is 1. The van der Waals surface area contributed by atoms with Gasteiger partial charge in [-0.3, -0.25) is 4.79 Å². The predicted octanol–water partition coefficient (Wildman–Crippen LogP) is 6.59. The number of aryl methyl sites for hydroxylation is 1. The molecule has 4 aromatic rings. The molecular weight excluding hydrogens is 475 g/mol. The minimum absolute atomic E-state index is 0.363. The zero-order chi connectivity index (χ0) is 25.0. The standard InChI is InChI=1S/C26H22F3N3O2S/c1-16-2-11-22(17-3-5-18(6-4-17)26(27,28)29)23(14-16)24(33)31-19-7-9-21(10-8-19)34-13-12-20-15-35-25(30)32-20/h2-11,14-15H,12-13H2,1H3,(H2,30,32)(H,31,33). The average molecular weight is 498 g/mol. The third-order valence-corrected chi connectivity index (χ3v) is 5.97. The molecule has 0 radical (unpaired) electrons. The molecule has 0 unspecified atom stereocenters. The van der Waals surface area contributed by atoms with Crippen LogP contribution in [0.15, 0.2) is 72.1 Å². The van der Waals surface area contributed by atoms with Crippen LogP contribution in [-0.2, 0) is 12.6 Å². The smallest absolute Gasteiger partial charge is 0.416 e. The molecule has 0 aliphatic heterocycles. The van der Waals surface area contributed by atoms with E-state index in [0.29, 0.717) is 46.3 Å². The molecule has 3 aromatic carbocycles. The van der Waals surface area contributed by atoms with Crippen molar-refractivity contribution < 1.29 is 22.7 Å². The number of nitrogens with zero attached hydrogens (tertiary/aromatic N) is 1. The van der Waals surface area contributed by atoms with E-state index in [1.165, 1.54) is 23.5 Å². The number of benzene rings is 3. The maximum absolute atomic E-state index is 13.1. The van der Waals surface area contributed by atoms with Gasteiger partial charge in [-0.25, -0.2) is 4.98 Å². The van der Waals surface area contributed by atoms with Crippen molar-refractivity contribution in [3.05, 3.63) is 94.5 Å². The number of thiazole rings is 1. The van der Waals surface area contributed by atoms with E-state index >= 15 is 0 Å². The van der Waals surface area contributed by atoms with E-state index in [4.69, 9.17) is 10.5 Å². The Morgan fingerprint density at radius 2 is 1.77 bits per heavy atom. The van der Waals surface area contributed by atoms with Gasteiger partial charge in [0.15, 0.2) is 5.13 Å². The normalized spacial score (nSPS) is 11.3. The predicted molar refractivity (Wildman–Crippen MR) is 132 cm³/mol. The Balaban J connectivity index is 1.44. The van der Waals surface area contributed by atoms with Gasteiger partial charge in [0.2, 0.25) is 0 Å². The summed E-state index contributed by atoms with van der Waals surface area (Å²) in [5.74, 6) is 0.283. The number of halogens is 3. The van der Waals surface area contributed by atoms with Crippen molar-refractivity contribution in [2.24, 2.45) is 0 Å². The number of carbonyl (C=O) groups excluding carboxylic acids is 1. The fourth-order valence-corrected chi connectivity index (χ4v) is 4.08. The van der Waals surface area contributed by atoms with Gasteiger partial charge in [-0.2, -0.15) is 13.2 Å². The first-order valence-corrected chi connectivity index (χ1v) is 11.6. The largest absolute Gasteiger partial charge is 0.493 e. The summed E-state index contributed by atoms with van der Waals surface area (Å²) < 4.78 is 44.5. The zero-order valence-corrected chi connectivity index (χ0v) is 19.5. The Bertz CT molecular complexity index is 1320. The van der Waals surface area contributed by atoms with E-state index in [2.05, 4.69) is 10.3 Å². The van der Waals surface area contributed by atoms with Gasteiger partial charge in [0.25, 0.3) is 5.91 Å². The highest BCUT2D eigenvalue weighted by Crippen LogP contribution is 2.32. The molecule has 1 aromatic heterocycles. The van der Waals surface area contributed by atoms with E-state index in [-0.39, 0.29) is 5.91 Å². The third kappa shape index (κ3) is 6.19. The van der Waals surface area contributed by atoms with Crippen LogP contribution in [0.2, 0.25) is 0 Å². The second-order valence-corrected chi connectivity index (χ2v) is 8.77. The van der Waals surface area contributed by atoms with Gasteiger partial charge >= 0.3 is 6.18 Å². The van der Waals surface area contributed by atoms with Crippen molar-refractivity contribution in [1.29, 1.82) is 0 Å². The minimum atomic E-state index is -4.42. The van der Waals surface area contributed by atoms with Gasteiger partial charge < -0.3 is 15.8 Å². The molecule has 0 aliphatic carbocycles. The van der Waals surface area contributed by atoms with Gasteiger partial charge in [0, 0.05) is 23.1 Å². The molecule has 180 valence electrons. The van der Waals surface area contributed by atoms with Crippen LogP contribution in [0.4, 0.5) is 24.0 Å². The highest BCUT2D eigenvalue weighted by molar-refractivity contribution is 7.13. The molecule has 35 heavy (non-hydrogen) atoms. The van der Waals surface area contributed by atoms with E-state index in [1.807, 2.05) is 18.4 Å². The van der Waals surface area contributed by atoms with E-state index in [1.54, 1.807) is 36.4 Å². The number of alkyl halides is 3. The molecule has 0 bridgehead atoms. The Morgan fingerprint density at radius 1 is 1.06 bits per heavy atom. The fraction of sp³-hybridized carbons (Fsp3) is 0.154. The molecule has 0 spiro atoms. The van der Waals surface area contributed by atoms with Crippen molar-refractivity contribution in [2.45, 2.75) is 19.5 Å². The number of nitrogens with one attached hydrogen (secondary N) is 1. The van der Waals surface area contributed by atoms with Gasteiger partial charge in [-0.15, -0.1) is 11.3 Å². The number of hydrogen-bond donors (Lipinski definition) is 2. The first-order valence-electron chi connectivity index (χ1n) is 10.7. The molecule has 0 saturated carbocycles. The zero-order valence-electron chi connectivity index (χ0n) is 18.7. The van der Waals surface area contributed by atoms with Gasteiger partial charge in [-0.05, 0) is 60.5 Å². The van der Waals surface area contributed by atoms with Crippen LogP contribution in [0, 0.1) is 6.92 Å². The van der Waals surface area contributed by atoms with E-state index in [0.717, 1.165) is 23.4 Å². The maximum atomic E-state index is 13.1. The molecular formula is C26H22F3N3O2S. The first kappa shape index (κ1) is 24.3. The summed E-state index contributed by atoms with van der Waals surface area (Å²) in [6.45, 7) is 2.29.